The highest BCUT2D eigenvalue weighted by Crippen LogP contribution is 2.77. The number of epoxide rings is 1. The van der Waals surface area contributed by atoms with E-state index in [0.29, 0.717) is 30.6 Å². The summed E-state index contributed by atoms with van der Waals surface area (Å²) in [5.74, 6) is 1.93. The van der Waals surface area contributed by atoms with Crippen molar-refractivity contribution in [1.82, 2.24) is 0 Å². The Morgan fingerprint density at radius 2 is 1.79 bits per heavy atom. The molecule has 38 heavy (non-hydrogen) atoms. The Bertz CT molecular complexity index is 1050. The van der Waals surface area contributed by atoms with Crippen LogP contribution in [0.15, 0.2) is 22.7 Å². The first kappa shape index (κ1) is 27.5. The van der Waals surface area contributed by atoms with Gasteiger partial charge in [0.2, 0.25) is 0 Å². The number of hydrogen-bond donors (Lipinski definition) is 4. The molecule has 212 valence electrons. The van der Waals surface area contributed by atoms with E-state index in [2.05, 4.69) is 22.9 Å². The monoisotopic (exact) mass is 592 g/mol. The number of benzene rings is 1. The molecule has 6 nitrogen and oxygen atoms in total. The number of ether oxygens (including phenoxy) is 2. The smallest absolute Gasteiger partial charge is 0.119 e. The van der Waals surface area contributed by atoms with Crippen LogP contribution in [0.4, 0.5) is 0 Å². The van der Waals surface area contributed by atoms with E-state index in [-0.39, 0.29) is 41.9 Å². The van der Waals surface area contributed by atoms with Gasteiger partial charge in [0.15, 0.2) is 0 Å². The van der Waals surface area contributed by atoms with Crippen molar-refractivity contribution < 1.29 is 29.9 Å². The molecule has 0 bridgehead atoms. The molecular weight excluding hydrogens is 548 g/mol. The Hall–Kier alpha value is -0.700. The number of rotatable bonds is 8. The molecule has 4 unspecified atom stereocenters. The third-order valence-corrected chi connectivity index (χ3v) is 13.0. The van der Waals surface area contributed by atoms with Gasteiger partial charge in [-0.25, -0.2) is 0 Å². The van der Waals surface area contributed by atoms with Crippen molar-refractivity contribution in [2.45, 2.75) is 101 Å². The van der Waals surface area contributed by atoms with Crippen LogP contribution in [0.5, 0.6) is 5.75 Å². The summed E-state index contributed by atoms with van der Waals surface area (Å²) in [6, 6.07) is 5.83. The number of fused-ring (bicyclic) bond motifs is 3. The predicted molar refractivity (Wildman–Crippen MR) is 148 cm³/mol. The lowest BCUT2D eigenvalue weighted by molar-refractivity contribution is -0.179. The average molecular weight is 594 g/mol. The summed E-state index contributed by atoms with van der Waals surface area (Å²) in [6.07, 6.45) is 9.18. The molecule has 1 aliphatic heterocycles. The second-order valence-corrected chi connectivity index (χ2v) is 14.5. The molecule has 5 aliphatic rings. The van der Waals surface area contributed by atoms with Crippen LogP contribution < -0.4 is 4.74 Å². The van der Waals surface area contributed by atoms with Gasteiger partial charge in [-0.1, -0.05) is 29.3 Å². The van der Waals surface area contributed by atoms with Gasteiger partial charge in [0.05, 0.1) is 38.6 Å². The fourth-order valence-corrected chi connectivity index (χ4v) is 10.5. The van der Waals surface area contributed by atoms with Gasteiger partial charge in [0.25, 0.3) is 0 Å². The van der Waals surface area contributed by atoms with Crippen molar-refractivity contribution >= 4 is 15.9 Å². The highest BCUT2D eigenvalue weighted by molar-refractivity contribution is 9.10. The zero-order chi connectivity index (χ0) is 26.9. The molecular formula is C31H45BrO6. The van der Waals surface area contributed by atoms with Crippen LogP contribution in [0.2, 0.25) is 0 Å². The molecule has 1 heterocycles. The zero-order valence-electron chi connectivity index (χ0n) is 22.9. The Labute approximate surface area is 235 Å². The molecule has 4 aliphatic carbocycles. The van der Waals surface area contributed by atoms with E-state index in [1.165, 1.54) is 0 Å². The van der Waals surface area contributed by atoms with Gasteiger partial charge in [-0.15, -0.1) is 0 Å². The predicted octanol–water partition coefficient (Wildman–Crippen LogP) is 4.63. The van der Waals surface area contributed by atoms with Gasteiger partial charge in [-0.05, 0) is 111 Å². The van der Waals surface area contributed by atoms with E-state index >= 15 is 0 Å². The molecule has 4 N–H and O–H groups in total. The molecule has 6 rings (SSSR count). The van der Waals surface area contributed by atoms with Crippen LogP contribution in [0, 0.1) is 34.0 Å². The lowest BCUT2D eigenvalue weighted by Crippen LogP contribution is -2.65. The summed E-state index contributed by atoms with van der Waals surface area (Å²) in [5.41, 5.74) is -0.515. The van der Waals surface area contributed by atoms with Gasteiger partial charge in [-0.2, -0.15) is 0 Å². The van der Waals surface area contributed by atoms with Gasteiger partial charge < -0.3 is 29.9 Å². The third kappa shape index (κ3) is 3.75. The van der Waals surface area contributed by atoms with Crippen molar-refractivity contribution in [3.63, 3.8) is 0 Å². The van der Waals surface area contributed by atoms with Crippen LogP contribution in [0.25, 0.3) is 0 Å². The Morgan fingerprint density at radius 3 is 2.53 bits per heavy atom. The van der Waals surface area contributed by atoms with E-state index in [0.717, 1.165) is 73.6 Å². The highest BCUT2D eigenvalue weighted by Gasteiger charge is 2.82. The SMILES string of the molecule is COc1ccc(Br)c(CC(CO)(CO)CC[C@]23C(O)CCCC2CC[C@H]2[C@@H]4CCC(O)[C@@]4(C)CC4O[C@@]423)c1. The summed E-state index contributed by atoms with van der Waals surface area (Å²) in [7, 11) is 1.64. The van der Waals surface area contributed by atoms with Gasteiger partial charge in [0, 0.05) is 15.3 Å². The average Bonchev–Trinajstić information content (AvgIpc) is 3.56. The van der Waals surface area contributed by atoms with Crippen LogP contribution in [-0.2, 0) is 11.2 Å². The second kappa shape index (κ2) is 9.70. The van der Waals surface area contributed by atoms with Crippen molar-refractivity contribution in [2.75, 3.05) is 20.3 Å². The van der Waals surface area contributed by atoms with E-state index in [9.17, 15) is 20.4 Å². The Kier molecular flexibility index (Phi) is 7.01. The zero-order valence-corrected chi connectivity index (χ0v) is 24.5. The van der Waals surface area contributed by atoms with E-state index in [1.807, 2.05) is 18.2 Å². The molecule has 0 radical (unpaired) electrons. The molecule has 4 saturated carbocycles. The first-order chi connectivity index (χ1) is 18.2. The van der Waals surface area contributed by atoms with Gasteiger partial charge >= 0.3 is 0 Å². The maximum absolute atomic E-state index is 11.9. The van der Waals surface area contributed by atoms with E-state index in [4.69, 9.17) is 9.47 Å². The standard InChI is InChI=1S/C31H45BrO6/c1-28-16-27-31(38-27)23(22(28)9-11-25(28)35)8-6-20-4-3-5-26(36)30(20,31)13-12-29(17-33,18-34)15-19-14-21(37-2)7-10-24(19)32/h7,10,14,20,22-23,25-27,33-36H,3-6,8-9,11-13,15-18H2,1-2H3/t20?,22-,23-,25?,26?,27?,28-,30+,31+/m0/s1. The van der Waals surface area contributed by atoms with E-state index in [1.54, 1.807) is 7.11 Å². The summed E-state index contributed by atoms with van der Waals surface area (Å²) < 4.78 is 13.2. The molecule has 1 aromatic carbocycles. The molecule has 0 aromatic heterocycles. The summed E-state index contributed by atoms with van der Waals surface area (Å²) >= 11 is 3.66. The lowest BCUT2D eigenvalue weighted by atomic mass is 9.42. The maximum atomic E-state index is 11.9. The number of aliphatic hydroxyl groups excluding tert-OH is 4. The molecule has 5 fully saturated rings. The van der Waals surface area contributed by atoms with Crippen LogP contribution in [0.3, 0.4) is 0 Å². The summed E-state index contributed by atoms with van der Waals surface area (Å²) in [4.78, 5) is 0. The Morgan fingerprint density at radius 1 is 1.03 bits per heavy atom. The van der Waals surface area contributed by atoms with Crippen LogP contribution >= 0.6 is 15.9 Å². The highest BCUT2D eigenvalue weighted by atomic mass is 79.9. The molecule has 7 heteroatoms. The van der Waals surface area contributed by atoms with Crippen LogP contribution in [0.1, 0.15) is 76.7 Å². The summed E-state index contributed by atoms with van der Waals surface area (Å²) in [5, 5.41) is 44.3. The molecule has 1 spiro atoms. The van der Waals surface area contributed by atoms with Crippen molar-refractivity contribution in [2.24, 2.45) is 34.0 Å². The molecule has 1 saturated heterocycles. The fourth-order valence-electron chi connectivity index (χ4n) is 10.2. The number of aliphatic hydroxyl groups is 4. The largest absolute Gasteiger partial charge is 0.497 e. The quantitative estimate of drug-likeness (QED) is 0.328. The van der Waals surface area contributed by atoms with Crippen molar-refractivity contribution in [1.29, 1.82) is 0 Å². The first-order valence-electron chi connectivity index (χ1n) is 14.8. The minimum atomic E-state index is -0.716. The molecule has 1 aromatic rings. The summed E-state index contributed by atoms with van der Waals surface area (Å²) in [6.45, 7) is 2.01. The van der Waals surface area contributed by atoms with E-state index < -0.39 is 11.5 Å². The molecule has 0 amide bonds. The minimum Gasteiger partial charge on any atom is -0.497 e. The Balaban J connectivity index is 1.34. The maximum Gasteiger partial charge on any atom is 0.119 e. The normalized spacial score (nSPS) is 43.6. The molecule has 9 atom stereocenters. The van der Waals surface area contributed by atoms with Gasteiger partial charge in [0.1, 0.15) is 11.4 Å². The number of halogens is 1. The minimum absolute atomic E-state index is 0.0854. The third-order valence-electron chi connectivity index (χ3n) is 12.2. The number of hydrogen-bond acceptors (Lipinski definition) is 6. The number of methoxy groups -OCH3 is 1. The fraction of sp³-hybridized carbons (Fsp3) is 0.806. The second-order valence-electron chi connectivity index (χ2n) is 13.6. The van der Waals surface area contributed by atoms with Gasteiger partial charge in [-0.3, -0.25) is 0 Å². The lowest BCUT2D eigenvalue weighted by Gasteiger charge is -2.61. The van der Waals surface area contributed by atoms with Crippen LogP contribution in [-0.4, -0.2) is 64.7 Å². The van der Waals surface area contributed by atoms with Crippen molar-refractivity contribution in [3.05, 3.63) is 28.2 Å². The topological polar surface area (TPSA) is 103 Å². The van der Waals surface area contributed by atoms with Crippen molar-refractivity contribution in [3.8, 4) is 5.75 Å². The first-order valence-corrected chi connectivity index (χ1v) is 15.6.